The third-order valence-electron chi connectivity index (χ3n) is 4.44. The number of aromatic carboxylic acids is 1. The summed E-state index contributed by atoms with van der Waals surface area (Å²) in [5.41, 5.74) is -0.558. The Bertz CT molecular complexity index is 548. The maximum atomic E-state index is 12.5. The fourth-order valence-electron chi connectivity index (χ4n) is 3.03. The standard InChI is InChI=1S/C17H22O4/c1-16(2,3)17(10-6-7-11-17)21-15(20)13-9-5-4-8-12(13)14(18)19/h4-5,8-9H,6-7,10-11H2,1-3H3,(H,18,19). The van der Waals surface area contributed by atoms with Crippen molar-refractivity contribution in [3.8, 4) is 0 Å². The molecule has 0 unspecified atom stereocenters. The van der Waals surface area contributed by atoms with Crippen molar-refractivity contribution < 1.29 is 19.4 Å². The molecule has 0 aliphatic heterocycles. The largest absolute Gasteiger partial charge is 0.478 e. The van der Waals surface area contributed by atoms with Crippen LogP contribution in [-0.2, 0) is 4.74 Å². The topological polar surface area (TPSA) is 63.6 Å². The molecule has 0 atom stereocenters. The zero-order chi connectivity index (χ0) is 15.7. The van der Waals surface area contributed by atoms with Gasteiger partial charge in [-0.3, -0.25) is 0 Å². The van der Waals surface area contributed by atoms with E-state index < -0.39 is 17.5 Å². The van der Waals surface area contributed by atoms with Gasteiger partial charge in [0.15, 0.2) is 0 Å². The van der Waals surface area contributed by atoms with Gasteiger partial charge in [-0.1, -0.05) is 32.9 Å². The Morgan fingerprint density at radius 3 is 2.10 bits per heavy atom. The normalized spacial score (nSPS) is 17.5. The molecule has 1 N–H and O–H groups in total. The number of rotatable bonds is 3. The molecule has 1 aliphatic carbocycles. The van der Waals surface area contributed by atoms with E-state index in [1.54, 1.807) is 12.1 Å². The van der Waals surface area contributed by atoms with Gasteiger partial charge in [-0.25, -0.2) is 9.59 Å². The Balaban J connectivity index is 2.31. The van der Waals surface area contributed by atoms with Crippen LogP contribution in [-0.4, -0.2) is 22.6 Å². The van der Waals surface area contributed by atoms with Crippen LogP contribution in [0.25, 0.3) is 0 Å². The molecule has 0 spiro atoms. The Hall–Kier alpha value is -1.84. The summed E-state index contributed by atoms with van der Waals surface area (Å²) in [7, 11) is 0. The van der Waals surface area contributed by atoms with Crippen molar-refractivity contribution in [2.24, 2.45) is 5.41 Å². The molecule has 0 bridgehead atoms. The molecule has 1 aromatic carbocycles. The lowest BCUT2D eigenvalue weighted by Gasteiger charge is -2.41. The summed E-state index contributed by atoms with van der Waals surface area (Å²) >= 11 is 0. The van der Waals surface area contributed by atoms with E-state index in [0.717, 1.165) is 25.7 Å². The number of carboxylic acids is 1. The van der Waals surface area contributed by atoms with Crippen LogP contribution in [0.5, 0.6) is 0 Å². The highest BCUT2D eigenvalue weighted by Crippen LogP contribution is 2.46. The van der Waals surface area contributed by atoms with Gasteiger partial charge in [-0.2, -0.15) is 0 Å². The second-order valence-electron chi connectivity index (χ2n) is 6.69. The third kappa shape index (κ3) is 2.94. The molecule has 1 saturated carbocycles. The van der Waals surface area contributed by atoms with Crippen LogP contribution in [0.4, 0.5) is 0 Å². The average molecular weight is 290 g/mol. The number of hydrogen-bond donors (Lipinski definition) is 1. The van der Waals surface area contributed by atoms with E-state index in [0.29, 0.717) is 0 Å². The van der Waals surface area contributed by atoms with Gasteiger partial charge in [0.25, 0.3) is 0 Å². The van der Waals surface area contributed by atoms with Gasteiger partial charge in [-0.15, -0.1) is 0 Å². The van der Waals surface area contributed by atoms with Gasteiger partial charge in [0, 0.05) is 5.41 Å². The molecular formula is C17H22O4. The summed E-state index contributed by atoms with van der Waals surface area (Å²) in [6.07, 6.45) is 3.73. The van der Waals surface area contributed by atoms with E-state index in [1.807, 2.05) is 0 Å². The van der Waals surface area contributed by atoms with Crippen LogP contribution in [0.1, 0.15) is 67.2 Å². The minimum absolute atomic E-state index is 0.00967. The molecule has 0 radical (unpaired) electrons. The summed E-state index contributed by atoms with van der Waals surface area (Å²) in [5.74, 6) is -1.65. The molecule has 1 aliphatic rings. The van der Waals surface area contributed by atoms with Crippen molar-refractivity contribution in [3.05, 3.63) is 35.4 Å². The first-order valence-electron chi connectivity index (χ1n) is 7.32. The highest BCUT2D eigenvalue weighted by molar-refractivity contribution is 6.02. The number of carboxylic acid groups (broad SMARTS) is 1. The molecule has 0 saturated heterocycles. The molecule has 1 aromatic rings. The highest BCUT2D eigenvalue weighted by Gasteiger charge is 2.47. The summed E-state index contributed by atoms with van der Waals surface area (Å²) in [6, 6.07) is 6.20. The van der Waals surface area contributed by atoms with Crippen LogP contribution >= 0.6 is 0 Å². The van der Waals surface area contributed by atoms with Gasteiger partial charge >= 0.3 is 11.9 Å². The van der Waals surface area contributed by atoms with Crippen molar-refractivity contribution in [2.75, 3.05) is 0 Å². The van der Waals surface area contributed by atoms with Gasteiger partial charge < -0.3 is 9.84 Å². The molecule has 4 nitrogen and oxygen atoms in total. The van der Waals surface area contributed by atoms with Crippen LogP contribution in [0.2, 0.25) is 0 Å². The SMILES string of the molecule is CC(C)(C)C1(OC(=O)c2ccccc2C(=O)O)CCCC1. The first-order chi connectivity index (χ1) is 9.77. The molecular weight excluding hydrogens is 268 g/mol. The zero-order valence-electron chi connectivity index (χ0n) is 12.8. The number of esters is 1. The first-order valence-corrected chi connectivity index (χ1v) is 7.32. The lowest BCUT2D eigenvalue weighted by molar-refractivity contribution is -0.0749. The number of benzene rings is 1. The molecule has 0 amide bonds. The quantitative estimate of drug-likeness (QED) is 0.857. The zero-order valence-corrected chi connectivity index (χ0v) is 12.8. The first kappa shape index (κ1) is 15.5. The van der Waals surface area contributed by atoms with E-state index in [4.69, 9.17) is 4.74 Å². The fraction of sp³-hybridized carbons (Fsp3) is 0.529. The fourth-order valence-corrected chi connectivity index (χ4v) is 3.03. The summed E-state index contributed by atoms with van der Waals surface area (Å²) in [5, 5.41) is 9.19. The van der Waals surface area contributed by atoms with Crippen LogP contribution in [0, 0.1) is 5.41 Å². The van der Waals surface area contributed by atoms with Crippen LogP contribution in [0.3, 0.4) is 0 Å². The van der Waals surface area contributed by atoms with Crippen molar-refractivity contribution in [2.45, 2.75) is 52.1 Å². The van der Waals surface area contributed by atoms with Gasteiger partial charge in [0.2, 0.25) is 0 Å². The number of carbonyl (C=O) groups excluding carboxylic acids is 1. The molecule has 2 rings (SSSR count). The second kappa shape index (κ2) is 5.51. The summed E-state index contributed by atoms with van der Waals surface area (Å²) < 4.78 is 5.84. The smallest absolute Gasteiger partial charge is 0.339 e. The predicted molar refractivity (Wildman–Crippen MR) is 79.5 cm³/mol. The maximum absolute atomic E-state index is 12.5. The Morgan fingerprint density at radius 1 is 1.10 bits per heavy atom. The molecule has 114 valence electrons. The molecule has 4 heteroatoms. The Labute approximate surface area is 125 Å². The molecule has 21 heavy (non-hydrogen) atoms. The van der Waals surface area contributed by atoms with E-state index >= 15 is 0 Å². The van der Waals surface area contributed by atoms with Crippen molar-refractivity contribution in [1.82, 2.24) is 0 Å². The second-order valence-corrected chi connectivity index (χ2v) is 6.69. The van der Waals surface area contributed by atoms with E-state index in [9.17, 15) is 14.7 Å². The minimum Gasteiger partial charge on any atom is -0.478 e. The predicted octanol–water partition coefficient (Wildman–Crippen LogP) is 3.90. The highest BCUT2D eigenvalue weighted by atomic mass is 16.6. The summed E-state index contributed by atoms with van der Waals surface area (Å²) in [6.45, 7) is 6.19. The van der Waals surface area contributed by atoms with Crippen LogP contribution in [0.15, 0.2) is 24.3 Å². The third-order valence-corrected chi connectivity index (χ3v) is 4.44. The van der Waals surface area contributed by atoms with Crippen molar-refractivity contribution in [3.63, 3.8) is 0 Å². The maximum Gasteiger partial charge on any atom is 0.339 e. The van der Waals surface area contributed by atoms with Crippen molar-refractivity contribution in [1.29, 1.82) is 0 Å². The minimum atomic E-state index is -1.11. The molecule has 0 aromatic heterocycles. The number of carbonyl (C=O) groups is 2. The Morgan fingerprint density at radius 2 is 1.62 bits per heavy atom. The molecule has 0 heterocycles. The van der Waals surface area contributed by atoms with E-state index in [1.165, 1.54) is 12.1 Å². The van der Waals surface area contributed by atoms with E-state index in [2.05, 4.69) is 20.8 Å². The monoisotopic (exact) mass is 290 g/mol. The van der Waals surface area contributed by atoms with E-state index in [-0.39, 0.29) is 16.5 Å². The van der Waals surface area contributed by atoms with Gasteiger partial charge in [-0.05, 0) is 37.8 Å². The number of ether oxygens (including phenoxy) is 1. The summed E-state index contributed by atoms with van der Waals surface area (Å²) in [4.78, 5) is 23.7. The molecule has 1 fully saturated rings. The van der Waals surface area contributed by atoms with Gasteiger partial charge in [0.1, 0.15) is 5.60 Å². The van der Waals surface area contributed by atoms with Crippen LogP contribution < -0.4 is 0 Å². The average Bonchev–Trinajstić information content (AvgIpc) is 2.88. The van der Waals surface area contributed by atoms with Gasteiger partial charge in [0.05, 0.1) is 11.1 Å². The lowest BCUT2D eigenvalue weighted by atomic mass is 9.75. The number of hydrogen-bond acceptors (Lipinski definition) is 3. The lowest BCUT2D eigenvalue weighted by Crippen LogP contribution is -2.44. The van der Waals surface area contributed by atoms with Crippen molar-refractivity contribution >= 4 is 11.9 Å². The Kier molecular flexibility index (Phi) is 4.08.